The van der Waals surface area contributed by atoms with Crippen LogP contribution in [0, 0.1) is 35.5 Å². The van der Waals surface area contributed by atoms with Crippen molar-refractivity contribution in [1.29, 1.82) is 0 Å². The smallest absolute Gasteiger partial charge is 0.0694 e. The van der Waals surface area contributed by atoms with Gasteiger partial charge < -0.3 is 0 Å². The summed E-state index contributed by atoms with van der Waals surface area (Å²) < 4.78 is 0. The zero-order valence-electron chi connectivity index (χ0n) is 15.6. The summed E-state index contributed by atoms with van der Waals surface area (Å²) in [6, 6.07) is 0. The quantitative estimate of drug-likeness (QED) is 0.561. The Morgan fingerprint density at radius 3 is 1.14 bits per heavy atom. The van der Waals surface area contributed by atoms with Crippen molar-refractivity contribution in [3.63, 3.8) is 0 Å². The molecule has 2 fully saturated rings. The van der Waals surface area contributed by atoms with Crippen molar-refractivity contribution in [3.8, 4) is 0 Å². The molecule has 10 unspecified atom stereocenters. The second kappa shape index (κ2) is 6.71. The van der Waals surface area contributed by atoms with Crippen LogP contribution >= 0.6 is 0 Å². The van der Waals surface area contributed by atoms with Crippen molar-refractivity contribution in [1.82, 2.24) is 0 Å². The Balaban J connectivity index is 2.03. The summed E-state index contributed by atoms with van der Waals surface area (Å²) in [7, 11) is 5.40. The van der Waals surface area contributed by atoms with E-state index in [1.807, 2.05) is 0 Å². The summed E-state index contributed by atoms with van der Waals surface area (Å²) in [4.78, 5) is 0. The molecule has 21 heavy (non-hydrogen) atoms. The lowest BCUT2D eigenvalue weighted by Crippen LogP contribution is -2.39. The van der Waals surface area contributed by atoms with E-state index in [1.54, 1.807) is 0 Å². The predicted molar refractivity (Wildman–Crippen MR) is 97.5 cm³/mol. The first-order chi connectivity index (χ1) is 9.73. The van der Waals surface area contributed by atoms with Gasteiger partial charge in [0, 0.05) is 0 Å². The van der Waals surface area contributed by atoms with E-state index in [0.717, 1.165) is 58.8 Å². The summed E-state index contributed by atoms with van der Waals surface area (Å²) >= 11 is 0. The molecule has 2 rings (SSSR count). The second-order valence-electron chi connectivity index (χ2n) is 8.82. The Morgan fingerprint density at radius 2 is 0.810 bits per heavy atom. The zero-order chi connectivity index (χ0) is 15.9. The molecular formula is C19H36B2. The van der Waals surface area contributed by atoms with Crippen LogP contribution in [-0.4, -0.2) is 14.6 Å². The fourth-order valence-corrected chi connectivity index (χ4v) is 5.08. The topological polar surface area (TPSA) is 0 Å². The van der Waals surface area contributed by atoms with Crippen LogP contribution in [0.3, 0.4) is 0 Å². The zero-order valence-corrected chi connectivity index (χ0v) is 15.6. The molecule has 0 aromatic heterocycles. The van der Waals surface area contributed by atoms with Gasteiger partial charge in [-0.2, -0.15) is 0 Å². The lowest BCUT2D eigenvalue weighted by Gasteiger charge is -2.47. The minimum Gasteiger partial charge on any atom is -0.0694 e. The molecule has 10 atom stereocenters. The van der Waals surface area contributed by atoms with Crippen molar-refractivity contribution in [2.75, 3.05) is 0 Å². The molecule has 0 bridgehead atoms. The molecule has 2 saturated heterocycles. The van der Waals surface area contributed by atoms with Gasteiger partial charge in [0.2, 0.25) is 0 Å². The van der Waals surface area contributed by atoms with Gasteiger partial charge >= 0.3 is 0 Å². The summed E-state index contributed by atoms with van der Waals surface area (Å²) in [6.45, 7) is 19.7. The minimum absolute atomic E-state index is 0.786. The molecule has 2 heteroatoms. The fraction of sp³-hybridized carbons (Fsp3) is 1.00. The lowest BCUT2D eigenvalue weighted by molar-refractivity contribution is 0.199. The van der Waals surface area contributed by atoms with Crippen LogP contribution < -0.4 is 0 Å². The number of hydrogen-bond acceptors (Lipinski definition) is 0. The van der Waals surface area contributed by atoms with Crippen LogP contribution in [0.25, 0.3) is 0 Å². The van der Waals surface area contributed by atoms with E-state index in [0.29, 0.717) is 0 Å². The molecule has 0 aromatic carbocycles. The third-order valence-electron chi connectivity index (χ3n) is 7.97. The van der Waals surface area contributed by atoms with Crippen LogP contribution in [0.15, 0.2) is 0 Å². The highest BCUT2D eigenvalue weighted by atomic mass is 14.4. The highest BCUT2D eigenvalue weighted by Gasteiger charge is 2.41. The normalized spacial score (nSPS) is 54.7. The molecule has 0 spiro atoms. The first-order valence-electron chi connectivity index (χ1n) is 9.44. The van der Waals surface area contributed by atoms with E-state index in [4.69, 9.17) is 0 Å². The van der Waals surface area contributed by atoms with Gasteiger partial charge in [0.25, 0.3) is 0 Å². The van der Waals surface area contributed by atoms with Crippen molar-refractivity contribution >= 4 is 14.6 Å². The van der Waals surface area contributed by atoms with Crippen LogP contribution in [0.1, 0.15) is 61.8 Å². The molecule has 2 aliphatic rings. The van der Waals surface area contributed by atoms with Crippen molar-refractivity contribution in [2.45, 2.75) is 85.1 Å². The van der Waals surface area contributed by atoms with Crippen molar-refractivity contribution in [3.05, 3.63) is 0 Å². The Kier molecular flexibility index (Phi) is 5.59. The maximum atomic E-state index is 2.70. The first-order valence-corrected chi connectivity index (χ1v) is 9.44. The maximum Gasteiger partial charge on any atom is 0.118 e. The van der Waals surface area contributed by atoms with Crippen molar-refractivity contribution in [2.24, 2.45) is 35.5 Å². The molecule has 0 amide bonds. The lowest BCUT2D eigenvalue weighted by atomic mass is 9.35. The van der Waals surface area contributed by atoms with E-state index in [9.17, 15) is 0 Å². The van der Waals surface area contributed by atoms with Crippen molar-refractivity contribution < 1.29 is 0 Å². The van der Waals surface area contributed by atoms with Gasteiger partial charge in [-0.3, -0.25) is 0 Å². The number of rotatable bonds is 2. The average molecular weight is 286 g/mol. The van der Waals surface area contributed by atoms with Gasteiger partial charge in [0.05, 0.1) is 0 Å². The first kappa shape index (κ1) is 17.5. The molecule has 0 saturated carbocycles. The van der Waals surface area contributed by atoms with E-state index in [-0.39, 0.29) is 0 Å². The van der Waals surface area contributed by atoms with Crippen LogP contribution in [0.4, 0.5) is 0 Å². The van der Waals surface area contributed by atoms with E-state index < -0.39 is 0 Å². The third kappa shape index (κ3) is 3.40. The maximum absolute atomic E-state index is 2.70. The van der Waals surface area contributed by atoms with Gasteiger partial charge in [-0.1, -0.05) is 85.1 Å². The molecule has 2 heterocycles. The number of hydrogen-bond donors (Lipinski definition) is 0. The molecule has 0 aromatic rings. The summed E-state index contributed by atoms with van der Waals surface area (Å²) in [5.74, 6) is 8.34. The molecule has 118 valence electrons. The Labute approximate surface area is 135 Å². The SMILES string of the molecule is CC1[B]C(CC2[B]C(C)C(C)C(C)C2C)C(C)C(C)C1C. The van der Waals surface area contributed by atoms with Gasteiger partial charge in [0.1, 0.15) is 14.6 Å². The second-order valence-corrected chi connectivity index (χ2v) is 8.82. The molecule has 0 N–H and O–H groups in total. The fourth-order valence-electron chi connectivity index (χ4n) is 5.08. The third-order valence-corrected chi connectivity index (χ3v) is 7.97. The van der Waals surface area contributed by atoms with E-state index in [2.05, 4.69) is 69.9 Å². The molecule has 0 nitrogen and oxygen atoms in total. The monoisotopic (exact) mass is 286 g/mol. The predicted octanol–water partition coefficient (Wildman–Crippen LogP) is 5.82. The average Bonchev–Trinajstić information content (AvgIpc) is 2.45. The van der Waals surface area contributed by atoms with Crippen LogP contribution in [0.2, 0.25) is 23.3 Å². The molecule has 2 radical (unpaired) electrons. The summed E-state index contributed by atoms with van der Waals surface area (Å²) in [5, 5.41) is 0. The molecular weight excluding hydrogens is 250 g/mol. The van der Waals surface area contributed by atoms with Gasteiger partial charge in [-0.05, 0) is 35.5 Å². The highest BCUT2D eigenvalue weighted by molar-refractivity contribution is 6.42. The highest BCUT2D eigenvalue weighted by Crippen LogP contribution is 2.51. The Morgan fingerprint density at radius 1 is 0.476 bits per heavy atom. The van der Waals surface area contributed by atoms with Crippen LogP contribution in [0.5, 0.6) is 0 Å². The van der Waals surface area contributed by atoms with Gasteiger partial charge in [-0.15, -0.1) is 0 Å². The van der Waals surface area contributed by atoms with Gasteiger partial charge in [-0.25, -0.2) is 0 Å². The van der Waals surface area contributed by atoms with Gasteiger partial charge in [0.15, 0.2) is 0 Å². The van der Waals surface area contributed by atoms with Crippen LogP contribution in [-0.2, 0) is 0 Å². The standard InChI is InChI=1S/C19H36B2/c1-10-12(3)16(7)20-18(14(10)5)9-19-15(6)11(2)13(4)17(8)21-19/h10-19H,9H2,1-8H3. The van der Waals surface area contributed by atoms with E-state index in [1.165, 1.54) is 6.42 Å². The Hall–Kier alpha value is 0.130. The molecule has 2 aliphatic heterocycles. The summed E-state index contributed by atoms with van der Waals surface area (Å²) in [6.07, 6.45) is 1.39. The molecule has 0 aliphatic carbocycles. The van der Waals surface area contributed by atoms with E-state index >= 15 is 0 Å². The largest absolute Gasteiger partial charge is 0.118 e. The Bertz CT molecular complexity index is 310. The summed E-state index contributed by atoms with van der Waals surface area (Å²) in [5.41, 5.74) is 0. The minimum atomic E-state index is 0.786.